The van der Waals surface area contributed by atoms with Crippen molar-refractivity contribution in [2.75, 3.05) is 0 Å². The number of nitrogens with one attached hydrogen (secondary N) is 1. The van der Waals surface area contributed by atoms with E-state index in [0.29, 0.717) is 0 Å². The minimum atomic E-state index is -0.484. The molecule has 3 rings (SSSR count). The lowest BCUT2D eigenvalue weighted by molar-refractivity contribution is 0.480. The molecule has 0 aliphatic carbocycles. The monoisotopic (exact) mass is 322 g/mol. The highest BCUT2D eigenvalue weighted by Crippen LogP contribution is 2.29. The molecule has 1 unspecified atom stereocenters. The van der Waals surface area contributed by atoms with Gasteiger partial charge in [0.25, 0.3) is 0 Å². The number of hydrogen-bond acceptors (Lipinski definition) is 2. The number of aryl methyl sites for hydroxylation is 2. The summed E-state index contributed by atoms with van der Waals surface area (Å²) < 4.78 is 0. The van der Waals surface area contributed by atoms with Gasteiger partial charge in [-0.1, -0.05) is 74.6 Å². The Bertz CT molecular complexity index is 744. The molecule has 0 amide bonds. The molecular formula is C20H22N2S. The second-order valence-corrected chi connectivity index (χ2v) is 6.50. The van der Waals surface area contributed by atoms with Crippen LogP contribution in [-0.2, 0) is 18.5 Å². The molecule has 2 aromatic carbocycles. The molecule has 0 radical (unpaired) electrons. The van der Waals surface area contributed by atoms with Crippen LogP contribution in [0.15, 0.2) is 53.5 Å². The van der Waals surface area contributed by atoms with Crippen molar-refractivity contribution in [2.24, 2.45) is 4.99 Å². The number of benzene rings is 2. The van der Waals surface area contributed by atoms with Gasteiger partial charge in [-0.25, -0.2) is 4.99 Å². The smallest absolute Gasteiger partial charge is 0.154 e. The summed E-state index contributed by atoms with van der Waals surface area (Å²) >= 11 is 5.54. The van der Waals surface area contributed by atoms with Gasteiger partial charge in [0, 0.05) is 5.56 Å². The molecule has 0 aromatic heterocycles. The van der Waals surface area contributed by atoms with Crippen molar-refractivity contribution >= 4 is 22.9 Å². The zero-order valence-corrected chi connectivity index (χ0v) is 14.7. The molecule has 3 heteroatoms. The molecule has 1 aliphatic rings. The Hall–Kier alpha value is -2.00. The van der Waals surface area contributed by atoms with Crippen LogP contribution in [0.4, 0.5) is 0 Å². The molecule has 1 heterocycles. The first kappa shape index (κ1) is 15.9. The van der Waals surface area contributed by atoms with Gasteiger partial charge in [0.15, 0.2) is 5.66 Å². The predicted molar refractivity (Wildman–Crippen MR) is 101 cm³/mol. The van der Waals surface area contributed by atoms with Crippen molar-refractivity contribution in [3.63, 3.8) is 0 Å². The number of hydrogen-bond donors (Lipinski definition) is 1. The highest BCUT2D eigenvalue weighted by Gasteiger charge is 2.34. The summed E-state index contributed by atoms with van der Waals surface area (Å²) in [5.74, 6) is 0. The third kappa shape index (κ3) is 3.06. The summed E-state index contributed by atoms with van der Waals surface area (Å²) in [6, 6.07) is 17.1. The van der Waals surface area contributed by atoms with Gasteiger partial charge in [-0.3, -0.25) is 0 Å². The van der Waals surface area contributed by atoms with Crippen LogP contribution in [0.1, 0.15) is 43.0 Å². The molecule has 1 N–H and O–H groups in total. The number of rotatable bonds is 4. The highest BCUT2D eigenvalue weighted by molar-refractivity contribution is 7.82. The molecular weight excluding hydrogens is 300 g/mol. The Kier molecular flexibility index (Phi) is 4.31. The average Bonchev–Trinajstić information content (AvgIpc) is 2.91. The Balaban J connectivity index is 1.95. The van der Waals surface area contributed by atoms with Crippen LogP contribution in [0, 0.1) is 0 Å². The van der Waals surface area contributed by atoms with Crippen molar-refractivity contribution in [3.8, 4) is 0 Å². The fourth-order valence-corrected chi connectivity index (χ4v) is 3.24. The normalized spacial score (nSPS) is 20.3. The SMILES string of the molecule is CCc1ccc(C2=NC(C)(c3ccc(CC)cc3)NC2=S)cc1. The van der Waals surface area contributed by atoms with Crippen LogP contribution in [0.3, 0.4) is 0 Å². The summed E-state index contributed by atoms with van der Waals surface area (Å²) in [7, 11) is 0. The second kappa shape index (κ2) is 6.25. The van der Waals surface area contributed by atoms with Gasteiger partial charge in [-0.2, -0.15) is 0 Å². The number of aliphatic imine (C=N–C) groups is 1. The number of nitrogens with zero attached hydrogens (tertiary/aromatic N) is 1. The van der Waals surface area contributed by atoms with Gasteiger partial charge < -0.3 is 5.32 Å². The Morgan fingerprint density at radius 1 is 0.913 bits per heavy atom. The molecule has 0 spiro atoms. The predicted octanol–water partition coefficient (Wildman–Crippen LogP) is 4.40. The van der Waals surface area contributed by atoms with Crippen LogP contribution < -0.4 is 5.32 Å². The molecule has 0 fully saturated rings. The lowest BCUT2D eigenvalue weighted by atomic mass is 10.0. The van der Waals surface area contributed by atoms with E-state index in [1.807, 2.05) is 0 Å². The Labute approximate surface area is 143 Å². The van der Waals surface area contributed by atoms with Crippen molar-refractivity contribution < 1.29 is 0 Å². The van der Waals surface area contributed by atoms with Crippen LogP contribution >= 0.6 is 12.2 Å². The zero-order chi connectivity index (χ0) is 16.4. The maximum Gasteiger partial charge on any atom is 0.154 e. The van der Waals surface area contributed by atoms with Crippen molar-refractivity contribution in [2.45, 2.75) is 39.3 Å². The quantitative estimate of drug-likeness (QED) is 0.844. The second-order valence-electron chi connectivity index (χ2n) is 6.09. The third-order valence-corrected chi connectivity index (χ3v) is 4.76. The highest BCUT2D eigenvalue weighted by atomic mass is 32.1. The summed E-state index contributed by atoms with van der Waals surface area (Å²) in [5, 5.41) is 3.39. The van der Waals surface area contributed by atoms with E-state index in [0.717, 1.165) is 34.7 Å². The standard InChI is InChI=1S/C20H22N2S/c1-4-14-6-10-16(11-7-14)18-19(23)22-20(3,21-18)17-12-8-15(5-2)9-13-17/h6-13H,4-5H2,1-3H3,(H,22,23). The van der Waals surface area contributed by atoms with Crippen LogP contribution in [0.5, 0.6) is 0 Å². The summed E-state index contributed by atoms with van der Waals surface area (Å²) in [6.45, 7) is 6.40. The van der Waals surface area contributed by atoms with Crippen molar-refractivity contribution in [1.82, 2.24) is 5.32 Å². The molecule has 2 nitrogen and oxygen atoms in total. The van der Waals surface area contributed by atoms with Gasteiger partial charge in [-0.15, -0.1) is 0 Å². The molecule has 2 aromatic rings. The van der Waals surface area contributed by atoms with Gasteiger partial charge in [-0.05, 0) is 36.5 Å². The first-order valence-electron chi connectivity index (χ1n) is 8.17. The van der Waals surface area contributed by atoms with Gasteiger partial charge in [0.05, 0.1) is 0 Å². The van der Waals surface area contributed by atoms with E-state index in [9.17, 15) is 0 Å². The average molecular weight is 322 g/mol. The van der Waals surface area contributed by atoms with Crippen LogP contribution in [0.2, 0.25) is 0 Å². The fraction of sp³-hybridized carbons (Fsp3) is 0.300. The van der Waals surface area contributed by atoms with E-state index in [4.69, 9.17) is 17.2 Å². The zero-order valence-electron chi connectivity index (χ0n) is 13.9. The summed E-state index contributed by atoms with van der Waals surface area (Å²) in [6.07, 6.45) is 2.08. The van der Waals surface area contributed by atoms with Crippen molar-refractivity contribution in [3.05, 3.63) is 70.8 Å². The number of thiocarbonyl (C=S) groups is 1. The first-order valence-corrected chi connectivity index (χ1v) is 8.57. The minimum absolute atomic E-state index is 0.484. The Morgan fingerprint density at radius 3 is 1.96 bits per heavy atom. The molecule has 0 bridgehead atoms. The first-order chi connectivity index (χ1) is 11.1. The van der Waals surface area contributed by atoms with Crippen LogP contribution in [0.25, 0.3) is 0 Å². The van der Waals surface area contributed by atoms with E-state index >= 15 is 0 Å². The van der Waals surface area contributed by atoms with Crippen molar-refractivity contribution in [1.29, 1.82) is 0 Å². The molecule has 0 saturated heterocycles. The van der Waals surface area contributed by atoms with E-state index in [1.54, 1.807) is 0 Å². The van der Waals surface area contributed by atoms with Gasteiger partial charge >= 0.3 is 0 Å². The van der Waals surface area contributed by atoms with Gasteiger partial charge in [0.2, 0.25) is 0 Å². The largest absolute Gasteiger partial charge is 0.347 e. The van der Waals surface area contributed by atoms with E-state index in [2.05, 4.69) is 74.6 Å². The molecule has 23 heavy (non-hydrogen) atoms. The Morgan fingerprint density at radius 2 is 1.43 bits per heavy atom. The molecule has 1 atom stereocenters. The fourth-order valence-electron chi connectivity index (χ4n) is 2.88. The summed E-state index contributed by atoms with van der Waals surface area (Å²) in [4.78, 5) is 5.64. The minimum Gasteiger partial charge on any atom is -0.347 e. The molecule has 118 valence electrons. The van der Waals surface area contributed by atoms with Crippen LogP contribution in [-0.4, -0.2) is 10.7 Å². The summed E-state index contributed by atoms with van der Waals surface area (Å²) in [5.41, 5.74) is 5.26. The lowest BCUT2D eigenvalue weighted by Gasteiger charge is -2.22. The topological polar surface area (TPSA) is 24.4 Å². The third-order valence-electron chi connectivity index (χ3n) is 4.47. The van der Waals surface area contributed by atoms with E-state index in [1.165, 1.54) is 11.1 Å². The molecule has 1 aliphatic heterocycles. The maximum absolute atomic E-state index is 5.54. The lowest BCUT2D eigenvalue weighted by Crippen LogP contribution is -2.36. The molecule has 0 saturated carbocycles. The van der Waals surface area contributed by atoms with Gasteiger partial charge in [0.1, 0.15) is 10.7 Å². The van der Waals surface area contributed by atoms with E-state index in [-0.39, 0.29) is 0 Å². The maximum atomic E-state index is 5.54. The van der Waals surface area contributed by atoms with E-state index < -0.39 is 5.66 Å².